The molecular formula is C10H18O2. The molecule has 1 spiro atoms. The lowest BCUT2D eigenvalue weighted by Crippen LogP contribution is -2.45. The standard InChI is InChI=1S/C10H18O2/c1-9-2-4-10(5-3-9)8-11-6-7-12-10/h9H,2-8H2,1H3. The van der Waals surface area contributed by atoms with Crippen LogP contribution in [0, 0.1) is 5.92 Å². The van der Waals surface area contributed by atoms with Gasteiger partial charge in [-0.1, -0.05) is 6.92 Å². The van der Waals surface area contributed by atoms with Crippen molar-refractivity contribution in [1.29, 1.82) is 0 Å². The van der Waals surface area contributed by atoms with Crippen LogP contribution in [0.15, 0.2) is 0 Å². The van der Waals surface area contributed by atoms with Gasteiger partial charge in [0.15, 0.2) is 0 Å². The summed E-state index contributed by atoms with van der Waals surface area (Å²) in [5, 5.41) is 0. The molecule has 2 aliphatic rings. The molecule has 1 aliphatic heterocycles. The predicted molar refractivity (Wildman–Crippen MR) is 47.1 cm³/mol. The molecule has 0 aromatic carbocycles. The van der Waals surface area contributed by atoms with Crippen LogP contribution in [0.5, 0.6) is 0 Å². The minimum absolute atomic E-state index is 0.116. The van der Waals surface area contributed by atoms with Gasteiger partial charge in [0.05, 0.1) is 25.4 Å². The third-order valence-corrected chi connectivity index (χ3v) is 3.19. The van der Waals surface area contributed by atoms with Gasteiger partial charge in [0, 0.05) is 0 Å². The maximum atomic E-state index is 5.83. The second-order valence-electron chi connectivity index (χ2n) is 4.27. The molecule has 0 radical (unpaired) electrons. The average molecular weight is 170 g/mol. The fourth-order valence-electron chi connectivity index (χ4n) is 2.19. The molecule has 1 heterocycles. The van der Waals surface area contributed by atoms with Crippen LogP contribution in [0.1, 0.15) is 32.6 Å². The highest BCUT2D eigenvalue weighted by molar-refractivity contribution is 4.87. The van der Waals surface area contributed by atoms with Crippen LogP contribution < -0.4 is 0 Å². The zero-order valence-corrected chi connectivity index (χ0v) is 7.84. The van der Waals surface area contributed by atoms with Crippen molar-refractivity contribution in [3.63, 3.8) is 0 Å². The van der Waals surface area contributed by atoms with E-state index in [-0.39, 0.29) is 5.60 Å². The summed E-state index contributed by atoms with van der Waals surface area (Å²) in [6, 6.07) is 0. The van der Waals surface area contributed by atoms with Crippen molar-refractivity contribution in [1.82, 2.24) is 0 Å². The minimum Gasteiger partial charge on any atom is -0.376 e. The van der Waals surface area contributed by atoms with Crippen LogP contribution in [-0.4, -0.2) is 25.4 Å². The first-order valence-corrected chi connectivity index (χ1v) is 5.02. The van der Waals surface area contributed by atoms with Crippen molar-refractivity contribution in [2.75, 3.05) is 19.8 Å². The Morgan fingerprint density at radius 2 is 1.92 bits per heavy atom. The number of ether oxygens (including phenoxy) is 2. The first kappa shape index (κ1) is 8.52. The Morgan fingerprint density at radius 1 is 1.17 bits per heavy atom. The fraction of sp³-hybridized carbons (Fsp3) is 1.00. The van der Waals surface area contributed by atoms with Crippen LogP contribution >= 0.6 is 0 Å². The Kier molecular flexibility index (Phi) is 2.37. The molecular weight excluding hydrogens is 152 g/mol. The number of hydrogen-bond acceptors (Lipinski definition) is 2. The topological polar surface area (TPSA) is 18.5 Å². The lowest BCUT2D eigenvalue weighted by atomic mass is 9.79. The Hall–Kier alpha value is -0.0800. The SMILES string of the molecule is CC1CCC2(CC1)COCCO2. The maximum absolute atomic E-state index is 5.83. The van der Waals surface area contributed by atoms with Crippen molar-refractivity contribution in [2.24, 2.45) is 5.92 Å². The summed E-state index contributed by atoms with van der Waals surface area (Å²) >= 11 is 0. The Bertz CT molecular complexity index is 140. The van der Waals surface area contributed by atoms with Gasteiger partial charge in [0.25, 0.3) is 0 Å². The van der Waals surface area contributed by atoms with Crippen LogP contribution in [0.4, 0.5) is 0 Å². The van der Waals surface area contributed by atoms with Crippen molar-refractivity contribution >= 4 is 0 Å². The highest BCUT2D eigenvalue weighted by Gasteiger charge is 2.37. The molecule has 0 aromatic rings. The van der Waals surface area contributed by atoms with Crippen molar-refractivity contribution < 1.29 is 9.47 Å². The Morgan fingerprint density at radius 3 is 2.50 bits per heavy atom. The van der Waals surface area contributed by atoms with Gasteiger partial charge in [-0.25, -0.2) is 0 Å². The van der Waals surface area contributed by atoms with Gasteiger partial charge >= 0.3 is 0 Å². The second kappa shape index (κ2) is 3.35. The summed E-state index contributed by atoms with van der Waals surface area (Å²) < 4.78 is 11.3. The molecule has 0 aromatic heterocycles. The fourth-order valence-corrected chi connectivity index (χ4v) is 2.19. The molecule has 1 aliphatic carbocycles. The largest absolute Gasteiger partial charge is 0.376 e. The smallest absolute Gasteiger partial charge is 0.0916 e. The van der Waals surface area contributed by atoms with E-state index in [9.17, 15) is 0 Å². The zero-order valence-electron chi connectivity index (χ0n) is 7.84. The summed E-state index contributed by atoms with van der Waals surface area (Å²) in [6.07, 6.45) is 5.02. The van der Waals surface area contributed by atoms with Crippen LogP contribution in [-0.2, 0) is 9.47 Å². The van der Waals surface area contributed by atoms with E-state index < -0.39 is 0 Å². The molecule has 2 rings (SSSR count). The lowest BCUT2D eigenvalue weighted by Gasteiger charge is -2.41. The Labute approximate surface area is 74.2 Å². The average Bonchev–Trinajstić information content (AvgIpc) is 2.13. The molecule has 0 bridgehead atoms. The third kappa shape index (κ3) is 1.64. The Balaban J connectivity index is 1.92. The van der Waals surface area contributed by atoms with Crippen LogP contribution in [0.2, 0.25) is 0 Å². The van der Waals surface area contributed by atoms with E-state index >= 15 is 0 Å². The molecule has 0 amide bonds. The van der Waals surface area contributed by atoms with E-state index in [4.69, 9.17) is 9.47 Å². The summed E-state index contributed by atoms with van der Waals surface area (Å²) in [5.41, 5.74) is 0.116. The molecule has 70 valence electrons. The monoisotopic (exact) mass is 170 g/mol. The highest BCUT2D eigenvalue weighted by Crippen LogP contribution is 2.36. The quantitative estimate of drug-likeness (QED) is 0.553. The first-order valence-electron chi connectivity index (χ1n) is 5.02. The van der Waals surface area contributed by atoms with E-state index in [0.29, 0.717) is 0 Å². The van der Waals surface area contributed by atoms with E-state index in [0.717, 1.165) is 25.7 Å². The van der Waals surface area contributed by atoms with E-state index in [2.05, 4.69) is 6.92 Å². The molecule has 2 nitrogen and oxygen atoms in total. The van der Waals surface area contributed by atoms with Crippen molar-refractivity contribution in [3.05, 3.63) is 0 Å². The van der Waals surface area contributed by atoms with E-state index in [1.807, 2.05) is 0 Å². The lowest BCUT2D eigenvalue weighted by molar-refractivity contribution is -0.174. The minimum atomic E-state index is 0.116. The summed E-state index contributed by atoms with van der Waals surface area (Å²) in [5.74, 6) is 0.890. The summed E-state index contributed by atoms with van der Waals surface area (Å²) in [7, 11) is 0. The normalized spacial score (nSPS) is 43.2. The molecule has 1 saturated heterocycles. The van der Waals surface area contributed by atoms with Crippen molar-refractivity contribution in [3.8, 4) is 0 Å². The molecule has 0 atom stereocenters. The summed E-state index contributed by atoms with van der Waals surface area (Å²) in [6.45, 7) is 4.75. The van der Waals surface area contributed by atoms with Crippen molar-refractivity contribution in [2.45, 2.75) is 38.2 Å². The molecule has 1 saturated carbocycles. The first-order chi connectivity index (χ1) is 5.81. The van der Waals surface area contributed by atoms with Gasteiger partial charge < -0.3 is 9.47 Å². The second-order valence-corrected chi connectivity index (χ2v) is 4.27. The van der Waals surface area contributed by atoms with Gasteiger partial charge in [0.2, 0.25) is 0 Å². The maximum Gasteiger partial charge on any atom is 0.0916 e. The zero-order chi connectivity index (χ0) is 8.44. The summed E-state index contributed by atoms with van der Waals surface area (Å²) in [4.78, 5) is 0. The van der Waals surface area contributed by atoms with Crippen LogP contribution in [0.25, 0.3) is 0 Å². The molecule has 2 heteroatoms. The number of rotatable bonds is 0. The van der Waals surface area contributed by atoms with Gasteiger partial charge in [-0.2, -0.15) is 0 Å². The number of hydrogen-bond donors (Lipinski definition) is 0. The molecule has 2 fully saturated rings. The van der Waals surface area contributed by atoms with Gasteiger partial charge in [-0.3, -0.25) is 0 Å². The molecule has 0 unspecified atom stereocenters. The van der Waals surface area contributed by atoms with Gasteiger partial charge in [-0.15, -0.1) is 0 Å². The molecule has 12 heavy (non-hydrogen) atoms. The van der Waals surface area contributed by atoms with Gasteiger partial charge in [0.1, 0.15) is 0 Å². The van der Waals surface area contributed by atoms with E-state index in [1.54, 1.807) is 0 Å². The van der Waals surface area contributed by atoms with Crippen LogP contribution in [0.3, 0.4) is 0 Å². The third-order valence-electron chi connectivity index (χ3n) is 3.19. The van der Waals surface area contributed by atoms with E-state index in [1.165, 1.54) is 25.7 Å². The predicted octanol–water partition coefficient (Wildman–Crippen LogP) is 1.98. The van der Waals surface area contributed by atoms with Gasteiger partial charge in [-0.05, 0) is 31.6 Å². The molecule has 0 N–H and O–H groups in total. The highest BCUT2D eigenvalue weighted by atomic mass is 16.6.